The highest BCUT2D eigenvalue weighted by atomic mass is 32.2. The molecule has 0 spiro atoms. The number of aryl methyl sites for hydroxylation is 1. The number of halogens is 3. The standard InChI is InChI=1S/C15H23F3N4O3S/c1-11-14(26(24,25)21-7-5-4-6-8-21)12(2)22(19-11)9-13(23)20(3)10-15(16,17)18/h4-10H2,1-3H3. The van der Waals surface area contributed by atoms with Gasteiger partial charge >= 0.3 is 6.18 Å². The predicted molar refractivity (Wildman–Crippen MR) is 88.0 cm³/mol. The summed E-state index contributed by atoms with van der Waals surface area (Å²) in [6.45, 7) is 2.07. The molecule has 0 aliphatic carbocycles. The van der Waals surface area contributed by atoms with E-state index in [1.54, 1.807) is 0 Å². The van der Waals surface area contributed by atoms with Crippen LogP contribution in [0, 0.1) is 13.8 Å². The molecular weight excluding hydrogens is 373 g/mol. The molecule has 0 atom stereocenters. The average molecular weight is 396 g/mol. The first-order valence-corrected chi connectivity index (χ1v) is 9.72. The topological polar surface area (TPSA) is 75.5 Å². The van der Waals surface area contributed by atoms with Crippen LogP contribution in [0.1, 0.15) is 30.7 Å². The van der Waals surface area contributed by atoms with Crippen LogP contribution < -0.4 is 0 Å². The second-order valence-electron chi connectivity index (χ2n) is 6.49. The Morgan fingerprint density at radius 3 is 2.31 bits per heavy atom. The Bertz CT molecular complexity index is 768. The van der Waals surface area contributed by atoms with E-state index in [9.17, 15) is 26.4 Å². The number of carbonyl (C=O) groups is 1. The molecule has 2 heterocycles. The number of hydrogen-bond acceptors (Lipinski definition) is 4. The SMILES string of the molecule is Cc1nn(CC(=O)N(C)CC(F)(F)F)c(C)c1S(=O)(=O)N1CCCCC1. The first-order valence-electron chi connectivity index (χ1n) is 8.28. The Morgan fingerprint density at radius 1 is 1.19 bits per heavy atom. The molecule has 1 fully saturated rings. The first kappa shape index (κ1) is 20.7. The van der Waals surface area contributed by atoms with Crippen LogP contribution >= 0.6 is 0 Å². The lowest BCUT2D eigenvalue weighted by Crippen LogP contribution is -2.38. The summed E-state index contributed by atoms with van der Waals surface area (Å²) in [5.41, 5.74) is 0.487. The van der Waals surface area contributed by atoms with Gasteiger partial charge in [-0.05, 0) is 26.7 Å². The Kier molecular flexibility index (Phi) is 6.01. The zero-order chi connectivity index (χ0) is 19.7. The zero-order valence-electron chi connectivity index (χ0n) is 15.0. The minimum atomic E-state index is -4.50. The largest absolute Gasteiger partial charge is 0.406 e. The van der Waals surface area contributed by atoms with E-state index in [1.807, 2.05) is 0 Å². The van der Waals surface area contributed by atoms with Gasteiger partial charge in [-0.25, -0.2) is 8.42 Å². The molecular formula is C15H23F3N4O3S. The fourth-order valence-electron chi connectivity index (χ4n) is 3.05. The van der Waals surface area contributed by atoms with Crippen molar-refractivity contribution in [2.45, 2.75) is 50.7 Å². The van der Waals surface area contributed by atoms with Gasteiger partial charge in [0.2, 0.25) is 15.9 Å². The molecule has 2 rings (SSSR count). The highest BCUT2D eigenvalue weighted by molar-refractivity contribution is 7.89. The summed E-state index contributed by atoms with van der Waals surface area (Å²) >= 11 is 0. The molecule has 11 heteroatoms. The van der Waals surface area contributed by atoms with Crippen molar-refractivity contribution >= 4 is 15.9 Å². The molecule has 0 radical (unpaired) electrons. The number of hydrogen-bond donors (Lipinski definition) is 0. The second kappa shape index (κ2) is 7.55. The summed E-state index contributed by atoms with van der Waals surface area (Å²) in [4.78, 5) is 12.6. The summed E-state index contributed by atoms with van der Waals surface area (Å²) in [5.74, 6) is -0.796. The average Bonchev–Trinajstić information content (AvgIpc) is 2.81. The molecule has 1 saturated heterocycles. The molecule has 1 amide bonds. The van der Waals surface area contributed by atoms with Gasteiger partial charge in [-0.15, -0.1) is 0 Å². The smallest absolute Gasteiger partial charge is 0.335 e. The Balaban J connectivity index is 2.23. The molecule has 0 N–H and O–H groups in total. The number of sulfonamides is 1. The van der Waals surface area contributed by atoms with E-state index in [0.717, 1.165) is 31.0 Å². The van der Waals surface area contributed by atoms with Crippen LogP contribution in [-0.4, -0.2) is 66.2 Å². The normalized spacial score (nSPS) is 16.7. The third-order valence-electron chi connectivity index (χ3n) is 4.36. The van der Waals surface area contributed by atoms with Crippen molar-refractivity contribution in [3.05, 3.63) is 11.4 Å². The van der Waals surface area contributed by atoms with Gasteiger partial charge in [-0.1, -0.05) is 6.42 Å². The lowest BCUT2D eigenvalue weighted by Gasteiger charge is -2.26. The highest BCUT2D eigenvalue weighted by Gasteiger charge is 2.34. The first-order chi connectivity index (χ1) is 11.9. The third-order valence-corrected chi connectivity index (χ3v) is 6.51. The summed E-state index contributed by atoms with van der Waals surface area (Å²) in [6.07, 6.45) is -1.95. The van der Waals surface area contributed by atoms with Crippen molar-refractivity contribution in [3.63, 3.8) is 0 Å². The van der Waals surface area contributed by atoms with E-state index in [0.29, 0.717) is 18.0 Å². The van der Waals surface area contributed by atoms with Gasteiger partial charge in [0.25, 0.3) is 0 Å². The summed E-state index contributed by atoms with van der Waals surface area (Å²) < 4.78 is 65.5. The summed E-state index contributed by atoms with van der Waals surface area (Å²) in [6, 6.07) is 0. The van der Waals surface area contributed by atoms with Crippen LogP contribution in [0.25, 0.3) is 0 Å². The number of piperidine rings is 1. The van der Waals surface area contributed by atoms with E-state index in [2.05, 4.69) is 5.10 Å². The summed E-state index contributed by atoms with van der Waals surface area (Å²) in [5, 5.41) is 4.07. The third kappa shape index (κ3) is 4.56. The van der Waals surface area contributed by atoms with Crippen molar-refractivity contribution < 1.29 is 26.4 Å². The fraction of sp³-hybridized carbons (Fsp3) is 0.733. The molecule has 1 aromatic rings. The maximum absolute atomic E-state index is 12.9. The van der Waals surface area contributed by atoms with Crippen LogP contribution in [0.4, 0.5) is 13.2 Å². The van der Waals surface area contributed by atoms with E-state index >= 15 is 0 Å². The van der Waals surface area contributed by atoms with Crippen molar-refractivity contribution in [1.29, 1.82) is 0 Å². The van der Waals surface area contributed by atoms with Gasteiger partial charge in [0.1, 0.15) is 18.0 Å². The van der Waals surface area contributed by atoms with Gasteiger partial charge in [-0.2, -0.15) is 22.6 Å². The van der Waals surface area contributed by atoms with E-state index in [4.69, 9.17) is 0 Å². The van der Waals surface area contributed by atoms with Gasteiger partial charge in [-0.3, -0.25) is 9.48 Å². The summed E-state index contributed by atoms with van der Waals surface area (Å²) in [7, 11) is -2.69. The van der Waals surface area contributed by atoms with E-state index in [-0.39, 0.29) is 16.3 Å². The highest BCUT2D eigenvalue weighted by Crippen LogP contribution is 2.26. The molecule has 26 heavy (non-hydrogen) atoms. The van der Waals surface area contributed by atoms with E-state index in [1.165, 1.54) is 18.2 Å². The van der Waals surface area contributed by atoms with Crippen LogP contribution in [-0.2, 0) is 21.4 Å². The minimum Gasteiger partial charge on any atom is -0.335 e. The number of alkyl halides is 3. The van der Waals surface area contributed by atoms with Crippen molar-refractivity contribution in [1.82, 2.24) is 19.0 Å². The van der Waals surface area contributed by atoms with Crippen molar-refractivity contribution in [3.8, 4) is 0 Å². The van der Waals surface area contributed by atoms with Crippen LogP contribution in [0.3, 0.4) is 0 Å². The minimum absolute atomic E-state index is 0.0330. The number of aromatic nitrogens is 2. The van der Waals surface area contributed by atoms with Gasteiger partial charge in [0, 0.05) is 20.1 Å². The molecule has 7 nitrogen and oxygen atoms in total. The maximum Gasteiger partial charge on any atom is 0.406 e. The monoisotopic (exact) mass is 396 g/mol. The number of rotatable bonds is 5. The molecule has 0 aromatic carbocycles. The van der Waals surface area contributed by atoms with Gasteiger partial charge < -0.3 is 4.90 Å². The Labute approximate surface area is 150 Å². The second-order valence-corrected chi connectivity index (χ2v) is 8.36. The van der Waals surface area contributed by atoms with Crippen LogP contribution in [0.5, 0.6) is 0 Å². The number of likely N-dealkylation sites (N-methyl/N-ethyl adjacent to an activating group) is 1. The molecule has 1 aromatic heterocycles. The lowest BCUT2D eigenvalue weighted by atomic mass is 10.2. The molecule has 0 bridgehead atoms. The number of amides is 1. The van der Waals surface area contributed by atoms with Crippen LogP contribution in [0.15, 0.2) is 4.90 Å². The lowest BCUT2D eigenvalue weighted by molar-refractivity contribution is -0.158. The molecule has 0 saturated carbocycles. The number of nitrogens with zero attached hydrogens (tertiary/aromatic N) is 4. The Morgan fingerprint density at radius 2 is 1.77 bits per heavy atom. The van der Waals surface area contributed by atoms with E-state index < -0.39 is 35.2 Å². The maximum atomic E-state index is 12.9. The Hall–Kier alpha value is -1.62. The predicted octanol–water partition coefficient (Wildman–Crippen LogP) is 1.70. The molecule has 0 unspecified atom stereocenters. The van der Waals surface area contributed by atoms with Crippen molar-refractivity contribution in [2.75, 3.05) is 26.7 Å². The molecule has 1 aliphatic rings. The van der Waals surface area contributed by atoms with Gasteiger partial charge in [0.15, 0.2) is 0 Å². The number of carbonyl (C=O) groups excluding carboxylic acids is 1. The van der Waals surface area contributed by atoms with Crippen LogP contribution in [0.2, 0.25) is 0 Å². The van der Waals surface area contributed by atoms with Crippen molar-refractivity contribution in [2.24, 2.45) is 0 Å². The zero-order valence-corrected chi connectivity index (χ0v) is 15.8. The molecule has 148 valence electrons. The van der Waals surface area contributed by atoms with Gasteiger partial charge in [0.05, 0.1) is 11.4 Å². The molecule has 1 aliphatic heterocycles. The fourth-order valence-corrected chi connectivity index (χ4v) is 4.94. The quantitative estimate of drug-likeness (QED) is 0.759.